The number of thioether (sulfide) groups is 1. The molecule has 3 N–H and O–H groups in total. The van der Waals surface area contributed by atoms with Crippen molar-refractivity contribution in [3.05, 3.63) is 34.9 Å². The summed E-state index contributed by atoms with van der Waals surface area (Å²) in [6.45, 7) is 4.07. The van der Waals surface area contributed by atoms with Crippen LogP contribution in [-0.2, 0) is 11.2 Å². The number of carboxylic acid groups (broad SMARTS) is 1. The van der Waals surface area contributed by atoms with Gasteiger partial charge in [0.2, 0.25) is 5.12 Å². The van der Waals surface area contributed by atoms with E-state index in [-0.39, 0.29) is 10.9 Å². The molecule has 0 radical (unpaired) electrons. The number of unbranched alkanes of at least 4 members (excludes halogenated alkanes) is 1. The number of nitrogens with two attached hydrogens (primary N) is 1. The Hall–Kier alpha value is -1.33. The quantitative estimate of drug-likeness (QED) is 0.808. The third-order valence-electron chi connectivity index (χ3n) is 3.18. The molecular weight excluding hydrogens is 274 g/mol. The minimum absolute atomic E-state index is 0.0901. The Morgan fingerprint density at radius 3 is 2.70 bits per heavy atom. The van der Waals surface area contributed by atoms with Gasteiger partial charge in [0.25, 0.3) is 0 Å². The van der Waals surface area contributed by atoms with E-state index in [1.54, 1.807) is 6.07 Å². The highest BCUT2D eigenvalue weighted by Gasteiger charge is 2.17. The molecule has 1 unspecified atom stereocenters. The van der Waals surface area contributed by atoms with Crippen molar-refractivity contribution in [2.75, 3.05) is 5.75 Å². The molecule has 1 rings (SSSR count). The van der Waals surface area contributed by atoms with Crippen molar-refractivity contribution >= 4 is 22.8 Å². The average molecular weight is 295 g/mol. The first kappa shape index (κ1) is 16.7. The second-order valence-electron chi connectivity index (χ2n) is 4.74. The fraction of sp³-hybridized carbons (Fsp3) is 0.467. The maximum atomic E-state index is 12.1. The number of carbonyl (C=O) groups is 2. The number of carboxylic acids is 1. The van der Waals surface area contributed by atoms with E-state index in [4.69, 9.17) is 10.8 Å². The van der Waals surface area contributed by atoms with Crippen LogP contribution < -0.4 is 5.73 Å². The zero-order valence-electron chi connectivity index (χ0n) is 11.9. The average Bonchev–Trinajstić information content (AvgIpc) is 2.43. The lowest BCUT2D eigenvalue weighted by Gasteiger charge is -2.11. The maximum Gasteiger partial charge on any atom is 0.321 e. The summed E-state index contributed by atoms with van der Waals surface area (Å²) in [7, 11) is 0. The van der Waals surface area contributed by atoms with Gasteiger partial charge in [-0.25, -0.2) is 0 Å². The first-order valence-electron chi connectivity index (χ1n) is 6.71. The summed E-state index contributed by atoms with van der Waals surface area (Å²) in [6, 6.07) is 4.69. The normalized spacial score (nSPS) is 12.2. The minimum Gasteiger partial charge on any atom is -0.480 e. The molecule has 5 heteroatoms. The standard InChI is InChI=1S/C15H21NO3S/c1-3-4-6-11-7-5-8-12(10(11)2)15(19)20-9-13(16)14(17)18/h5,7-8,13H,3-4,6,9,16H2,1-2H3,(H,17,18). The summed E-state index contributed by atoms with van der Waals surface area (Å²) in [6.07, 6.45) is 3.16. The molecule has 1 atom stereocenters. The van der Waals surface area contributed by atoms with E-state index in [9.17, 15) is 9.59 Å². The van der Waals surface area contributed by atoms with Crippen molar-refractivity contribution < 1.29 is 14.7 Å². The highest BCUT2D eigenvalue weighted by molar-refractivity contribution is 8.14. The zero-order chi connectivity index (χ0) is 15.1. The van der Waals surface area contributed by atoms with Crippen molar-refractivity contribution in [3.63, 3.8) is 0 Å². The summed E-state index contributed by atoms with van der Waals surface area (Å²) in [5.74, 6) is -0.994. The lowest BCUT2D eigenvalue weighted by Crippen LogP contribution is -2.32. The zero-order valence-corrected chi connectivity index (χ0v) is 12.7. The van der Waals surface area contributed by atoms with Gasteiger partial charge < -0.3 is 10.8 Å². The fourth-order valence-corrected chi connectivity index (χ4v) is 2.71. The summed E-state index contributed by atoms with van der Waals surface area (Å²) in [4.78, 5) is 22.8. The van der Waals surface area contributed by atoms with Crippen molar-refractivity contribution in [2.45, 2.75) is 39.2 Å². The van der Waals surface area contributed by atoms with Crippen LogP contribution in [0.15, 0.2) is 18.2 Å². The molecule has 0 aliphatic heterocycles. The van der Waals surface area contributed by atoms with Crippen LogP contribution in [0, 0.1) is 6.92 Å². The summed E-state index contributed by atoms with van der Waals surface area (Å²) in [5.41, 5.74) is 8.23. The Morgan fingerprint density at radius 1 is 1.40 bits per heavy atom. The van der Waals surface area contributed by atoms with Gasteiger partial charge in [-0.05, 0) is 30.9 Å². The highest BCUT2D eigenvalue weighted by Crippen LogP contribution is 2.21. The molecule has 0 aliphatic rings. The molecule has 0 aliphatic carbocycles. The Kier molecular flexibility index (Phi) is 6.75. The van der Waals surface area contributed by atoms with Crippen LogP contribution >= 0.6 is 11.8 Å². The van der Waals surface area contributed by atoms with Crippen LogP contribution in [0.2, 0.25) is 0 Å². The van der Waals surface area contributed by atoms with Crippen LogP contribution in [0.5, 0.6) is 0 Å². The smallest absolute Gasteiger partial charge is 0.321 e. The van der Waals surface area contributed by atoms with E-state index in [1.165, 1.54) is 5.56 Å². The van der Waals surface area contributed by atoms with Crippen LogP contribution in [0.4, 0.5) is 0 Å². The number of aliphatic carboxylic acids is 1. The lowest BCUT2D eigenvalue weighted by molar-refractivity contribution is -0.137. The monoisotopic (exact) mass is 295 g/mol. The number of benzene rings is 1. The molecule has 0 spiro atoms. The molecular formula is C15H21NO3S. The van der Waals surface area contributed by atoms with Gasteiger partial charge in [-0.3, -0.25) is 9.59 Å². The molecule has 0 heterocycles. The van der Waals surface area contributed by atoms with Crippen molar-refractivity contribution in [1.82, 2.24) is 0 Å². The van der Waals surface area contributed by atoms with Gasteiger partial charge in [-0.1, -0.05) is 43.3 Å². The van der Waals surface area contributed by atoms with Crippen LogP contribution in [-0.4, -0.2) is 28.0 Å². The first-order chi connectivity index (χ1) is 9.47. The van der Waals surface area contributed by atoms with E-state index >= 15 is 0 Å². The lowest BCUT2D eigenvalue weighted by atomic mass is 9.99. The van der Waals surface area contributed by atoms with Gasteiger partial charge >= 0.3 is 5.97 Å². The minimum atomic E-state index is -1.08. The van der Waals surface area contributed by atoms with E-state index in [0.717, 1.165) is 36.6 Å². The predicted octanol–water partition coefficient (Wildman–Crippen LogP) is 2.62. The topological polar surface area (TPSA) is 80.4 Å². The van der Waals surface area contributed by atoms with Gasteiger partial charge in [0.1, 0.15) is 6.04 Å². The Morgan fingerprint density at radius 2 is 2.10 bits per heavy atom. The summed E-state index contributed by atoms with van der Waals surface area (Å²) < 4.78 is 0. The Balaban J connectivity index is 2.75. The third-order valence-corrected chi connectivity index (χ3v) is 4.18. The van der Waals surface area contributed by atoms with E-state index < -0.39 is 12.0 Å². The fourth-order valence-electron chi connectivity index (χ4n) is 1.86. The second-order valence-corrected chi connectivity index (χ2v) is 5.73. The van der Waals surface area contributed by atoms with Crippen molar-refractivity contribution in [1.29, 1.82) is 0 Å². The Bertz CT molecular complexity index is 488. The van der Waals surface area contributed by atoms with Gasteiger partial charge in [0.05, 0.1) is 0 Å². The number of carbonyl (C=O) groups excluding carboxylic acids is 1. The van der Waals surface area contributed by atoms with Crippen LogP contribution in [0.1, 0.15) is 41.3 Å². The molecule has 0 bridgehead atoms. The molecule has 1 aromatic carbocycles. The van der Waals surface area contributed by atoms with Gasteiger partial charge in [-0.2, -0.15) is 0 Å². The summed E-state index contributed by atoms with van der Waals surface area (Å²) in [5, 5.41) is 8.60. The van der Waals surface area contributed by atoms with Gasteiger partial charge in [-0.15, -0.1) is 0 Å². The van der Waals surface area contributed by atoms with E-state index in [2.05, 4.69) is 6.92 Å². The van der Waals surface area contributed by atoms with E-state index in [1.807, 2.05) is 19.1 Å². The highest BCUT2D eigenvalue weighted by atomic mass is 32.2. The number of aryl methyl sites for hydroxylation is 1. The van der Waals surface area contributed by atoms with Crippen LogP contribution in [0.3, 0.4) is 0 Å². The molecule has 4 nitrogen and oxygen atoms in total. The Labute approximate surface area is 123 Å². The molecule has 0 aromatic heterocycles. The molecule has 0 saturated heterocycles. The third kappa shape index (κ3) is 4.65. The van der Waals surface area contributed by atoms with Crippen LogP contribution in [0.25, 0.3) is 0 Å². The van der Waals surface area contributed by atoms with Gasteiger partial charge in [0.15, 0.2) is 0 Å². The molecule has 20 heavy (non-hydrogen) atoms. The molecule has 0 saturated carbocycles. The summed E-state index contributed by atoms with van der Waals surface area (Å²) >= 11 is 0.968. The number of hydrogen-bond acceptors (Lipinski definition) is 4. The number of rotatable bonds is 7. The van der Waals surface area contributed by atoms with Crippen molar-refractivity contribution in [3.8, 4) is 0 Å². The van der Waals surface area contributed by atoms with Gasteiger partial charge in [0, 0.05) is 11.3 Å². The number of hydrogen-bond donors (Lipinski definition) is 2. The predicted molar refractivity (Wildman–Crippen MR) is 82.2 cm³/mol. The first-order valence-corrected chi connectivity index (χ1v) is 7.70. The molecule has 0 amide bonds. The largest absolute Gasteiger partial charge is 0.480 e. The van der Waals surface area contributed by atoms with Crippen molar-refractivity contribution in [2.24, 2.45) is 5.73 Å². The maximum absolute atomic E-state index is 12.1. The molecule has 1 aromatic rings. The second kappa shape index (κ2) is 8.07. The molecule has 0 fully saturated rings. The molecule has 110 valence electrons. The van der Waals surface area contributed by atoms with E-state index in [0.29, 0.717) is 5.56 Å². The SMILES string of the molecule is CCCCc1cccc(C(=O)SCC(N)C(=O)O)c1C.